The molecule has 0 aliphatic heterocycles. The van der Waals surface area contributed by atoms with Crippen molar-refractivity contribution in [1.29, 1.82) is 0 Å². The Kier molecular flexibility index (Phi) is 3.02. The summed E-state index contributed by atoms with van der Waals surface area (Å²) in [4.78, 5) is 0. The number of fused-ring (bicyclic) bond motifs is 1. The molecule has 0 amide bonds. The van der Waals surface area contributed by atoms with E-state index in [-0.39, 0.29) is 6.61 Å². The molecule has 0 aliphatic rings. The van der Waals surface area contributed by atoms with Gasteiger partial charge in [-0.05, 0) is 17.7 Å². The number of rotatable bonds is 3. The molecule has 108 valence electrons. The van der Waals surface area contributed by atoms with Gasteiger partial charge in [0, 0.05) is 10.9 Å². The van der Waals surface area contributed by atoms with Crippen LogP contribution in [0, 0.1) is 0 Å². The molecule has 0 fully saturated rings. The van der Waals surface area contributed by atoms with Crippen LogP contribution in [0.5, 0.6) is 0 Å². The zero-order valence-electron chi connectivity index (χ0n) is 11.8. The van der Waals surface area contributed by atoms with Gasteiger partial charge in [0.25, 0.3) is 0 Å². The highest BCUT2D eigenvalue weighted by Crippen LogP contribution is 2.33. The van der Waals surface area contributed by atoms with E-state index in [0.29, 0.717) is 11.5 Å². The maximum absolute atomic E-state index is 9.13. The molecule has 0 saturated heterocycles. The molecule has 0 unspecified atom stereocenters. The summed E-state index contributed by atoms with van der Waals surface area (Å²) in [6, 6.07) is 19.9. The van der Waals surface area contributed by atoms with Crippen molar-refractivity contribution in [3.05, 3.63) is 66.4 Å². The third-order valence-electron chi connectivity index (χ3n) is 3.73. The smallest absolute Gasteiger partial charge is 0.155 e. The number of nitrogens with one attached hydrogen (secondary N) is 1. The molecule has 22 heavy (non-hydrogen) atoms. The minimum atomic E-state index is -0.113. The highest BCUT2D eigenvalue weighted by molar-refractivity contribution is 6.00. The third kappa shape index (κ3) is 2.01. The average Bonchev–Trinajstić information content (AvgIpc) is 3.21. The molecule has 4 rings (SSSR count). The molecule has 2 N–H and O–H groups in total. The summed E-state index contributed by atoms with van der Waals surface area (Å²) in [5.74, 6) is 1.19. The van der Waals surface area contributed by atoms with Gasteiger partial charge in [-0.2, -0.15) is 5.10 Å². The summed E-state index contributed by atoms with van der Waals surface area (Å²) < 4.78 is 5.60. The highest BCUT2D eigenvalue weighted by atomic mass is 16.4. The van der Waals surface area contributed by atoms with E-state index in [4.69, 9.17) is 9.52 Å². The van der Waals surface area contributed by atoms with Crippen LogP contribution in [0.1, 0.15) is 5.76 Å². The SMILES string of the molecule is OCc1ccc(-c2n[nH]c3c(-c4ccccc4)cccc23)o1. The number of aliphatic hydroxyl groups excluding tert-OH is 1. The predicted molar refractivity (Wildman–Crippen MR) is 85.2 cm³/mol. The lowest BCUT2D eigenvalue weighted by Crippen LogP contribution is -1.80. The normalized spacial score (nSPS) is 11.1. The van der Waals surface area contributed by atoms with Crippen molar-refractivity contribution in [2.75, 3.05) is 0 Å². The summed E-state index contributed by atoms with van der Waals surface area (Å²) in [5, 5.41) is 17.6. The Morgan fingerprint density at radius 1 is 0.955 bits per heavy atom. The topological polar surface area (TPSA) is 62.1 Å². The van der Waals surface area contributed by atoms with E-state index in [9.17, 15) is 0 Å². The van der Waals surface area contributed by atoms with Gasteiger partial charge in [0.1, 0.15) is 18.1 Å². The Morgan fingerprint density at radius 3 is 2.59 bits per heavy atom. The van der Waals surface area contributed by atoms with Gasteiger partial charge in [-0.1, -0.05) is 48.5 Å². The minimum Gasteiger partial charge on any atom is -0.457 e. The number of aromatic amines is 1. The van der Waals surface area contributed by atoms with Gasteiger partial charge in [0.05, 0.1) is 5.52 Å². The van der Waals surface area contributed by atoms with Crippen molar-refractivity contribution in [3.8, 4) is 22.6 Å². The largest absolute Gasteiger partial charge is 0.457 e. The van der Waals surface area contributed by atoms with Gasteiger partial charge in [0.2, 0.25) is 0 Å². The Hall–Kier alpha value is -2.85. The number of benzene rings is 2. The lowest BCUT2D eigenvalue weighted by atomic mass is 10.0. The van der Waals surface area contributed by atoms with Crippen LogP contribution in [-0.2, 0) is 6.61 Å². The van der Waals surface area contributed by atoms with Gasteiger partial charge < -0.3 is 9.52 Å². The highest BCUT2D eigenvalue weighted by Gasteiger charge is 2.14. The second kappa shape index (κ2) is 5.16. The summed E-state index contributed by atoms with van der Waals surface area (Å²) in [5.41, 5.74) is 3.97. The lowest BCUT2D eigenvalue weighted by molar-refractivity contribution is 0.248. The monoisotopic (exact) mass is 290 g/mol. The Labute approximate surface area is 127 Å². The van der Waals surface area contributed by atoms with E-state index in [0.717, 1.165) is 27.7 Å². The first kappa shape index (κ1) is 12.9. The molecule has 4 heteroatoms. The van der Waals surface area contributed by atoms with Crippen LogP contribution in [-0.4, -0.2) is 15.3 Å². The Balaban J connectivity index is 1.90. The minimum absolute atomic E-state index is 0.113. The summed E-state index contributed by atoms with van der Waals surface area (Å²) >= 11 is 0. The molecule has 0 bridgehead atoms. The van der Waals surface area contributed by atoms with Crippen molar-refractivity contribution in [3.63, 3.8) is 0 Å². The van der Waals surface area contributed by atoms with Crippen molar-refractivity contribution >= 4 is 10.9 Å². The molecule has 0 saturated carbocycles. The van der Waals surface area contributed by atoms with E-state index < -0.39 is 0 Å². The average molecular weight is 290 g/mol. The molecule has 0 atom stereocenters. The fraction of sp³-hybridized carbons (Fsp3) is 0.0556. The van der Waals surface area contributed by atoms with Crippen LogP contribution < -0.4 is 0 Å². The first-order valence-electron chi connectivity index (χ1n) is 7.09. The Morgan fingerprint density at radius 2 is 1.82 bits per heavy atom. The van der Waals surface area contributed by atoms with Crippen molar-refractivity contribution < 1.29 is 9.52 Å². The van der Waals surface area contributed by atoms with Gasteiger partial charge in [-0.3, -0.25) is 5.10 Å². The molecule has 4 nitrogen and oxygen atoms in total. The van der Waals surface area contributed by atoms with Crippen LogP contribution in [0.15, 0.2) is 65.1 Å². The molecule has 2 aromatic heterocycles. The number of H-pyrrole nitrogens is 1. The van der Waals surface area contributed by atoms with Gasteiger partial charge in [0.15, 0.2) is 5.76 Å². The Bertz CT molecular complexity index is 923. The van der Waals surface area contributed by atoms with E-state index in [1.54, 1.807) is 6.07 Å². The maximum atomic E-state index is 9.13. The summed E-state index contributed by atoms with van der Waals surface area (Å²) in [6.07, 6.45) is 0. The maximum Gasteiger partial charge on any atom is 0.155 e. The van der Waals surface area contributed by atoms with Crippen molar-refractivity contribution in [2.45, 2.75) is 6.61 Å². The molecule has 0 aliphatic carbocycles. The van der Waals surface area contributed by atoms with Gasteiger partial charge >= 0.3 is 0 Å². The first-order valence-corrected chi connectivity index (χ1v) is 7.09. The van der Waals surface area contributed by atoms with E-state index in [1.807, 2.05) is 36.4 Å². The summed E-state index contributed by atoms with van der Waals surface area (Å²) in [6.45, 7) is -0.113. The van der Waals surface area contributed by atoms with E-state index in [1.165, 1.54) is 0 Å². The van der Waals surface area contributed by atoms with Crippen molar-refractivity contribution in [1.82, 2.24) is 10.2 Å². The fourth-order valence-corrected chi connectivity index (χ4v) is 2.68. The molecule has 4 aromatic rings. The zero-order chi connectivity index (χ0) is 14.9. The molecular formula is C18H14N2O2. The first-order chi connectivity index (χ1) is 10.9. The van der Waals surface area contributed by atoms with Crippen molar-refractivity contribution in [2.24, 2.45) is 0 Å². The second-order valence-corrected chi connectivity index (χ2v) is 5.09. The molecule has 0 spiro atoms. The van der Waals surface area contributed by atoms with Gasteiger partial charge in [-0.25, -0.2) is 0 Å². The second-order valence-electron chi connectivity index (χ2n) is 5.09. The van der Waals surface area contributed by atoms with E-state index in [2.05, 4.69) is 28.4 Å². The number of furan rings is 1. The standard InChI is InChI=1S/C18H14N2O2/c21-11-13-9-10-16(22-13)18-15-8-4-7-14(17(15)19-20-18)12-5-2-1-3-6-12/h1-10,21H,11H2,(H,19,20). The van der Waals surface area contributed by atoms with Crippen LogP contribution in [0.3, 0.4) is 0 Å². The van der Waals surface area contributed by atoms with Gasteiger partial charge in [-0.15, -0.1) is 0 Å². The molecular weight excluding hydrogens is 276 g/mol. The van der Waals surface area contributed by atoms with E-state index >= 15 is 0 Å². The van der Waals surface area contributed by atoms with Crippen LogP contribution in [0.2, 0.25) is 0 Å². The van der Waals surface area contributed by atoms with Crippen LogP contribution in [0.25, 0.3) is 33.5 Å². The lowest BCUT2D eigenvalue weighted by Gasteiger charge is -2.02. The summed E-state index contributed by atoms with van der Waals surface area (Å²) in [7, 11) is 0. The molecule has 0 radical (unpaired) electrons. The molecule has 2 heterocycles. The predicted octanol–water partition coefficient (Wildman–Crippen LogP) is 3.98. The number of hydrogen-bond donors (Lipinski definition) is 2. The number of aromatic nitrogens is 2. The zero-order valence-corrected chi connectivity index (χ0v) is 11.8. The quantitative estimate of drug-likeness (QED) is 0.600. The third-order valence-corrected chi connectivity index (χ3v) is 3.73. The van der Waals surface area contributed by atoms with Crippen LogP contribution in [0.4, 0.5) is 0 Å². The number of para-hydroxylation sites is 1. The number of hydrogen-bond acceptors (Lipinski definition) is 3. The fourth-order valence-electron chi connectivity index (χ4n) is 2.68. The van der Waals surface area contributed by atoms with Crippen LogP contribution >= 0.6 is 0 Å². The number of nitrogens with zero attached hydrogens (tertiary/aromatic N) is 1. The number of aliphatic hydroxyl groups is 1. The molecule has 2 aromatic carbocycles.